The summed E-state index contributed by atoms with van der Waals surface area (Å²) < 4.78 is 1.79. The van der Waals surface area contributed by atoms with Crippen LogP contribution in [0.2, 0.25) is 0 Å². The number of carboxylic acids is 1. The van der Waals surface area contributed by atoms with Gasteiger partial charge in [-0.15, -0.1) is 0 Å². The van der Waals surface area contributed by atoms with E-state index >= 15 is 0 Å². The Kier molecular flexibility index (Phi) is 6.54. The number of hydrogen-bond donors (Lipinski definition) is 3. The Balaban J connectivity index is 0.000000353. The van der Waals surface area contributed by atoms with Gasteiger partial charge in [-0.1, -0.05) is 24.6 Å². The number of carbonyl (C=O) groups excluding carboxylic acids is 1. The van der Waals surface area contributed by atoms with Gasteiger partial charge in [0, 0.05) is 30.6 Å². The molecule has 2 fully saturated rings. The van der Waals surface area contributed by atoms with Crippen molar-refractivity contribution in [1.29, 1.82) is 0 Å². The van der Waals surface area contributed by atoms with Gasteiger partial charge in [0.25, 0.3) is 5.91 Å². The van der Waals surface area contributed by atoms with Gasteiger partial charge in [0.2, 0.25) is 0 Å². The fourth-order valence-electron chi connectivity index (χ4n) is 4.37. The molecule has 3 heterocycles. The average Bonchev–Trinajstić information content (AvgIpc) is 3.00. The summed E-state index contributed by atoms with van der Waals surface area (Å²) >= 11 is 0. The zero-order valence-electron chi connectivity index (χ0n) is 17.2. The second-order valence-electron chi connectivity index (χ2n) is 8.05. The molecule has 0 aliphatic carbocycles. The Hall–Kier alpha value is -2.45. The number of rotatable bonds is 3. The van der Waals surface area contributed by atoms with Crippen molar-refractivity contribution in [3.05, 3.63) is 30.0 Å². The molecule has 2 saturated heterocycles. The molecule has 2 aliphatic rings. The smallest absolute Gasteiger partial charge is 0.332 e. The molecule has 2 aromatic rings. The lowest BCUT2D eigenvalue weighted by Gasteiger charge is -2.47. The molecule has 1 aromatic carbocycles. The molecular weight excluding hydrogens is 372 g/mol. The summed E-state index contributed by atoms with van der Waals surface area (Å²) in [5, 5.41) is 24.4. The summed E-state index contributed by atoms with van der Waals surface area (Å²) in [5.74, 6) is -1.22. The van der Waals surface area contributed by atoms with Gasteiger partial charge in [-0.25, -0.2) is 4.79 Å². The van der Waals surface area contributed by atoms with Gasteiger partial charge in [-0.3, -0.25) is 9.48 Å². The van der Waals surface area contributed by atoms with Crippen molar-refractivity contribution in [3.63, 3.8) is 0 Å². The number of para-hydroxylation sites is 1. The van der Waals surface area contributed by atoms with Crippen molar-refractivity contribution >= 4 is 22.8 Å². The van der Waals surface area contributed by atoms with E-state index in [-0.39, 0.29) is 11.9 Å². The van der Waals surface area contributed by atoms with E-state index in [4.69, 9.17) is 10.2 Å². The molecular formula is C21H30N4O4. The lowest BCUT2D eigenvalue weighted by Crippen LogP contribution is -2.55. The Bertz CT molecular complexity index is 865. The molecule has 1 unspecified atom stereocenters. The Morgan fingerprint density at radius 2 is 1.76 bits per heavy atom. The third-order valence-electron chi connectivity index (χ3n) is 6.01. The Morgan fingerprint density at radius 3 is 2.34 bits per heavy atom. The number of nitrogens with one attached hydrogen (secondary N) is 1. The largest absolute Gasteiger partial charge is 0.479 e. The minimum Gasteiger partial charge on any atom is -0.479 e. The molecule has 29 heavy (non-hydrogen) atoms. The van der Waals surface area contributed by atoms with Crippen LogP contribution in [0.1, 0.15) is 49.5 Å². The van der Waals surface area contributed by atoms with E-state index in [0.29, 0.717) is 17.8 Å². The number of piperidine rings is 2. The second-order valence-corrected chi connectivity index (χ2v) is 8.05. The molecule has 8 heteroatoms. The highest BCUT2D eigenvalue weighted by Gasteiger charge is 2.36. The molecule has 0 saturated carbocycles. The summed E-state index contributed by atoms with van der Waals surface area (Å²) in [4.78, 5) is 24.7. The number of carboxylic acid groups (broad SMARTS) is 1. The number of carbonyl (C=O) groups is 2. The summed E-state index contributed by atoms with van der Waals surface area (Å²) in [5.41, 5.74) is 1.55. The van der Waals surface area contributed by atoms with Crippen molar-refractivity contribution in [2.24, 2.45) is 7.05 Å². The van der Waals surface area contributed by atoms with Crippen molar-refractivity contribution in [1.82, 2.24) is 20.0 Å². The first-order valence-corrected chi connectivity index (χ1v) is 10.1. The van der Waals surface area contributed by atoms with Crippen molar-refractivity contribution in [3.8, 4) is 0 Å². The van der Waals surface area contributed by atoms with Crippen molar-refractivity contribution in [2.75, 3.05) is 7.05 Å². The van der Waals surface area contributed by atoms with Crippen LogP contribution in [-0.2, 0) is 11.8 Å². The number of benzene rings is 1. The standard InChI is InChI=1S/C18H24N4O.C3H6O3/c1-21-13-6-5-7-14(21)11-12(10-13)19-18(23)17-15-8-3-4-9-16(15)22(2)20-17;1-2(4)3(5)6/h3-4,8-9,12-14H,5-7,10-11H2,1-2H3,(H,19,23);2,4H,1H3,(H,5,6)/t13-,14-;/m0./s1. The van der Waals surface area contributed by atoms with Crippen LogP contribution in [0.25, 0.3) is 10.9 Å². The van der Waals surface area contributed by atoms with Crippen LogP contribution in [0.5, 0.6) is 0 Å². The first kappa shape index (κ1) is 21.3. The number of aromatic nitrogens is 2. The maximum Gasteiger partial charge on any atom is 0.332 e. The van der Waals surface area contributed by atoms with E-state index in [1.807, 2.05) is 31.3 Å². The number of nitrogens with zero attached hydrogens (tertiary/aromatic N) is 3. The number of aliphatic carboxylic acids is 1. The number of hydrogen-bond acceptors (Lipinski definition) is 5. The Morgan fingerprint density at radius 1 is 1.17 bits per heavy atom. The van der Waals surface area contributed by atoms with Gasteiger partial charge < -0.3 is 20.4 Å². The normalized spacial score (nSPS) is 25.0. The van der Waals surface area contributed by atoms with Crippen molar-refractivity contribution in [2.45, 2.75) is 63.3 Å². The van der Waals surface area contributed by atoms with Gasteiger partial charge in [-0.05, 0) is 45.7 Å². The van der Waals surface area contributed by atoms with Crippen LogP contribution in [0.3, 0.4) is 0 Å². The molecule has 3 N–H and O–H groups in total. The number of aliphatic hydroxyl groups excluding tert-OH is 1. The van der Waals surface area contributed by atoms with E-state index in [2.05, 4.69) is 22.4 Å². The van der Waals surface area contributed by atoms with E-state index in [1.54, 1.807) is 4.68 Å². The van der Waals surface area contributed by atoms with Crippen LogP contribution in [0, 0.1) is 0 Å². The van der Waals surface area contributed by atoms with Crippen molar-refractivity contribution < 1.29 is 19.8 Å². The maximum absolute atomic E-state index is 12.7. The first-order valence-electron chi connectivity index (χ1n) is 10.1. The third kappa shape index (κ3) is 4.76. The fraction of sp³-hybridized carbons (Fsp3) is 0.571. The minimum absolute atomic E-state index is 0.0329. The van der Waals surface area contributed by atoms with Crippen LogP contribution < -0.4 is 5.32 Å². The number of aryl methyl sites for hydroxylation is 1. The van der Waals surface area contributed by atoms with Gasteiger partial charge in [0.05, 0.1) is 5.52 Å². The molecule has 158 valence electrons. The lowest BCUT2D eigenvalue weighted by molar-refractivity contribution is -0.145. The molecule has 2 bridgehead atoms. The summed E-state index contributed by atoms with van der Waals surface area (Å²) in [6, 6.07) is 9.42. The molecule has 4 rings (SSSR count). The second kappa shape index (κ2) is 8.92. The topological polar surface area (TPSA) is 108 Å². The van der Waals surface area contributed by atoms with E-state index < -0.39 is 12.1 Å². The number of aliphatic hydroxyl groups is 1. The molecule has 3 atom stereocenters. The highest BCUT2D eigenvalue weighted by Crippen LogP contribution is 2.32. The number of amides is 1. The fourth-order valence-corrected chi connectivity index (χ4v) is 4.37. The summed E-state index contributed by atoms with van der Waals surface area (Å²) in [7, 11) is 4.12. The Labute approximate surface area is 170 Å². The molecule has 8 nitrogen and oxygen atoms in total. The van der Waals surface area contributed by atoms with Gasteiger partial charge in [-0.2, -0.15) is 5.10 Å². The van der Waals surface area contributed by atoms with Crippen LogP contribution >= 0.6 is 0 Å². The molecule has 2 aliphatic heterocycles. The zero-order valence-corrected chi connectivity index (χ0v) is 17.2. The molecule has 0 spiro atoms. The predicted octanol–water partition coefficient (Wildman–Crippen LogP) is 1.77. The van der Waals surface area contributed by atoms with E-state index in [0.717, 1.165) is 23.7 Å². The van der Waals surface area contributed by atoms with E-state index in [9.17, 15) is 9.59 Å². The summed E-state index contributed by atoms with van der Waals surface area (Å²) in [6.45, 7) is 1.20. The summed E-state index contributed by atoms with van der Waals surface area (Å²) in [6.07, 6.45) is 4.72. The highest BCUT2D eigenvalue weighted by molar-refractivity contribution is 6.04. The highest BCUT2D eigenvalue weighted by atomic mass is 16.4. The first-order chi connectivity index (χ1) is 13.8. The quantitative estimate of drug-likeness (QED) is 0.722. The molecule has 0 radical (unpaired) electrons. The van der Waals surface area contributed by atoms with Crippen LogP contribution in [0.4, 0.5) is 0 Å². The van der Waals surface area contributed by atoms with Crippen LogP contribution in [-0.4, -0.2) is 68.0 Å². The van der Waals surface area contributed by atoms with Gasteiger partial charge in [0.15, 0.2) is 5.69 Å². The van der Waals surface area contributed by atoms with Crippen LogP contribution in [0.15, 0.2) is 24.3 Å². The maximum atomic E-state index is 12.7. The number of fused-ring (bicyclic) bond motifs is 3. The third-order valence-corrected chi connectivity index (χ3v) is 6.01. The van der Waals surface area contributed by atoms with Gasteiger partial charge >= 0.3 is 5.97 Å². The lowest BCUT2D eigenvalue weighted by atomic mass is 9.82. The van der Waals surface area contributed by atoms with E-state index in [1.165, 1.54) is 26.2 Å². The average molecular weight is 402 g/mol. The van der Waals surface area contributed by atoms with Gasteiger partial charge in [0.1, 0.15) is 6.10 Å². The zero-order chi connectivity index (χ0) is 21.1. The predicted molar refractivity (Wildman–Crippen MR) is 110 cm³/mol. The molecule has 1 amide bonds. The monoisotopic (exact) mass is 402 g/mol. The SMILES string of the molecule is CC(O)C(=O)O.CN1[C@H]2CCC[C@H]1CC(NC(=O)c1nn(C)c3ccccc13)C2. The molecule has 1 aromatic heterocycles. The minimum atomic E-state index is -1.23.